The van der Waals surface area contributed by atoms with Crippen LogP contribution in [0.15, 0.2) is 53.9 Å². The van der Waals surface area contributed by atoms with Crippen LogP contribution in [0.2, 0.25) is 0 Å². The molecule has 19 heavy (non-hydrogen) atoms. The van der Waals surface area contributed by atoms with Crippen molar-refractivity contribution in [3.63, 3.8) is 0 Å². The molecule has 0 aliphatic carbocycles. The monoisotopic (exact) mass is 270 g/mol. The fraction of sp³-hybridized carbons (Fsp3) is 0.125. The molecule has 0 aliphatic rings. The van der Waals surface area contributed by atoms with Gasteiger partial charge in [0.2, 0.25) is 0 Å². The average molecular weight is 270 g/mol. The molecule has 0 bridgehead atoms. The highest BCUT2D eigenvalue weighted by atomic mass is 32.1. The zero-order valence-electron chi connectivity index (χ0n) is 10.5. The first-order chi connectivity index (χ1) is 9.09. The second-order valence-corrected chi connectivity index (χ2v) is 5.68. The summed E-state index contributed by atoms with van der Waals surface area (Å²) in [6.07, 6.45) is 0. The van der Waals surface area contributed by atoms with Crippen LogP contribution in [-0.4, -0.2) is 10.2 Å². The summed E-state index contributed by atoms with van der Waals surface area (Å²) >= 11 is 1.63. The summed E-state index contributed by atoms with van der Waals surface area (Å²) in [4.78, 5) is 0. The van der Waals surface area contributed by atoms with E-state index in [0.29, 0.717) is 0 Å². The van der Waals surface area contributed by atoms with Gasteiger partial charge in [-0.15, -0.1) is 11.3 Å². The smallest absolute Gasteiger partial charge is 0.115 e. The van der Waals surface area contributed by atoms with Gasteiger partial charge in [0.25, 0.3) is 0 Å². The predicted octanol–water partition coefficient (Wildman–Crippen LogP) is 3.86. The Morgan fingerprint density at radius 2 is 1.74 bits per heavy atom. The van der Waals surface area contributed by atoms with Crippen LogP contribution < -0.4 is 0 Å². The Morgan fingerprint density at radius 3 is 2.47 bits per heavy atom. The molecular formula is C16H14O2S. The molecule has 1 unspecified atom stereocenters. The van der Waals surface area contributed by atoms with E-state index < -0.39 is 5.60 Å². The number of rotatable bonds is 2. The van der Waals surface area contributed by atoms with Gasteiger partial charge in [0.05, 0.1) is 0 Å². The van der Waals surface area contributed by atoms with E-state index >= 15 is 0 Å². The third-order valence-electron chi connectivity index (χ3n) is 3.43. The fourth-order valence-electron chi connectivity index (χ4n) is 2.32. The molecule has 2 nitrogen and oxygen atoms in total. The lowest BCUT2D eigenvalue weighted by molar-refractivity contribution is 0.104. The standard InChI is InChI=1S/C16H14O2S/c1-16(18,12-5-7-13(17)8-6-12)14-4-2-3-11-9-10-19-15(11)14/h2-10,17-18H,1H3. The Kier molecular flexibility index (Phi) is 2.81. The van der Waals surface area contributed by atoms with Crippen molar-refractivity contribution in [3.8, 4) is 5.75 Å². The molecule has 3 aromatic rings. The highest BCUT2D eigenvalue weighted by molar-refractivity contribution is 7.17. The molecule has 0 radical (unpaired) electrons. The molecule has 0 amide bonds. The third-order valence-corrected chi connectivity index (χ3v) is 4.40. The maximum Gasteiger partial charge on any atom is 0.115 e. The number of thiophene rings is 1. The molecule has 0 saturated heterocycles. The lowest BCUT2D eigenvalue weighted by Gasteiger charge is -2.25. The maximum atomic E-state index is 10.9. The van der Waals surface area contributed by atoms with Crippen LogP contribution in [0.25, 0.3) is 10.1 Å². The molecule has 3 rings (SSSR count). The highest BCUT2D eigenvalue weighted by Gasteiger charge is 2.27. The molecule has 2 aromatic carbocycles. The Bertz CT molecular complexity index is 711. The Labute approximate surface area is 115 Å². The lowest BCUT2D eigenvalue weighted by Crippen LogP contribution is -2.22. The van der Waals surface area contributed by atoms with Crippen molar-refractivity contribution in [2.24, 2.45) is 0 Å². The highest BCUT2D eigenvalue weighted by Crippen LogP contribution is 2.36. The van der Waals surface area contributed by atoms with Gasteiger partial charge in [-0.1, -0.05) is 30.3 Å². The SMILES string of the molecule is CC(O)(c1ccc(O)cc1)c1cccc2ccsc12. The van der Waals surface area contributed by atoms with Gasteiger partial charge >= 0.3 is 0 Å². The zero-order valence-corrected chi connectivity index (χ0v) is 11.3. The zero-order chi connectivity index (χ0) is 13.5. The van der Waals surface area contributed by atoms with Crippen LogP contribution in [0, 0.1) is 0 Å². The van der Waals surface area contributed by atoms with Gasteiger partial charge in [0.15, 0.2) is 0 Å². The molecule has 0 saturated carbocycles. The molecule has 1 aromatic heterocycles. The number of fused-ring (bicyclic) bond motifs is 1. The largest absolute Gasteiger partial charge is 0.508 e. The van der Waals surface area contributed by atoms with Crippen LogP contribution in [0.1, 0.15) is 18.1 Å². The van der Waals surface area contributed by atoms with Gasteiger partial charge < -0.3 is 10.2 Å². The van der Waals surface area contributed by atoms with Gasteiger partial charge in [0, 0.05) is 10.3 Å². The molecule has 3 heteroatoms. The lowest BCUT2D eigenvalue weighted by atomic mass is 9.88. The predicted molar refractivity (Wildman–Crippen MR) is 78.6 cm³/mol. The van der Waals surface area contributed by atoms with Crippen molar-refractivity contribution in [3.05, 3.63) is 65.0 Å². The number of phenolic OH excluding ortho intramolecular Hbond substituents is 1. The molecule has 0 spiro atoms. The number of aromatic hydroxyl groups is 1. The number of phenols is 1. The fourth-order valence-corrected chi connectivity index (χ4v) is 3.33. The van der Waals surface area contributed by atoms with Gasteiger partial charge in [-0.05, 0) is 41.5 Å². The molecule has 0 fully saturated rings. The molecule has 1 heterocycles. The molecule has 2 N–H and O–H groups in total. The van der Waals surface area contributed by atoms with Gasteiger partial charge in [-0.3, -0.25) is 0 Å². The van der Waals surface area contributed by atoms with Gasteiger partial charge in [0.1, 0.15) is 11.4 Å². The molecule has 96 valence electrons. The van der Waals surface area contributed by atoms with Gasteiger partial charge in [-0.25, -0.2) is 0 Å². The normalized spacial score (nSPS) is 14.4. The average Bonchev–Trinajstić information content (AvgIpc) is 2.87. The second-order valence-electron chi connectivity index (χ2n) is 4.76. The van der Waals surface area contributed by atoms with Crippen LogP contribution in [0.3, 0.4) is 0 Å². The van der Waals surface area contributed by atoms with E-state index in [4.69, 9.17) is 0 Å². The van der Waals surface area contributed by atoms with Crippen molar-refractivity contribution in [1.29, 1.82) is 0 Å². The minimum atomic E-state index is -1.07. The third kappa shape index (κ3) is 2.01. The van der Waals surface area contributed by atoms with Crippen LogP contribution >= 0.6 is 11.3 Å². The van der Waals surface area contributed by atoms with Crippen LogP contribution in [0.5, 0.6) is 5.75 Å². The summed E-state index contributed by atoms with van der Waals surface area (Å²) in [5, 5.41) is 23.4. The quantitative estimate of drug-likeness (QED) is 0.742. The minimum absolute atomic E-state index is 0.203. The summed E-state index contributed by atoms with van der Waals surface area (Å²) in [7, 11) is 0. The first kappa shape index (κ1) is 12.2. The van der Waals surface area contributed by atoms with E-state index in [0.717, 1.165) is 21.2 Å². The van der Waals surface area contributed by atoms with Crippen molar-refractivity contribution >= 4 is 21.4 Å². The summed E-state index contributed by atoms with van der Waals surface area (Å²) in [5.74, 6) is 0.203. The van der Waals surface area contributed by atoms with Crippen molar-refractivity contribution in [2.75, 3.05) is 0 Å². The van der Waals surface area contributed by atoms with E-state index in [1.807, 2.05) is 23.6 Å². The number of hydrogen-bond acceptors (Lipinski definition) is 3. The number of aliphatic hydroxyl groups is 1. The van der Waals surface area contributed by atoms with Crippen LogP contribution in [0.4, 0.5) is 0 Å². The van der Waals surface area contributed by atoms with Gasteiger partial charge in [-0.2, -0.15) is 0 Å². The van der Waals surface area contributed by atoms with Crippen molar-refractivity contribution < 1.29 is 10.2 Å². The van der Waals surface area contributed by atoms with Crippen LogP contribution in [-0.2, 0) is 5.60 Å². The maximum absolute atomic E-state index is 10.9. The summed E-state index contributed by atoms with van der Waals surface area (Å²) in [6, 6.07) is 14.7. The van der Waals surface area contributed by atoms with E-state index in [1.165, 1.54) is 0 Å². The minimum Gasteiger partial charge on any atom is -0.508 e. The van der Waals surface area contributed by atoms with E-state index in [1.54, 1.807) is 42.5 Å². The summed E-state index contributed by atoms with van der Waals surface area (Å²) in [5.41, 5.74) is 0.592. The molecule has 0 aliphatic heterocycles. The summed E-state index contributed by atoms with van der Waals surface area (Å²) < 4.78 is 1.10. The Hall–Kier alpha value is -1.84. The Morgan fingerprint density at radius 1 is 1.00 bits per heavy atom. The Balaban J connectivity index is 2.18. The van der Waals surface area contributed by atoms with E-state index in [9.17, 15) is 10.2 Å². The van der Waals surface area contributed by atoms with Crippen molar-refractivity contribution in [2.45, 2.75) is 12.5 Å². The molecular weight excluding hydrogens is 256 g/mol. The van der Waals surface area contributed by atoms with Crippen molar-refractivity contribution in [1.82, 2.24) is 0 Å². The number of benzene rings is 2. The van der Waals surface area contributed by atoms with E-state index in [2.05, 4.69) is 6.07 Å². The first-order valence-electron chi connectivity index (χ1n) is 6.07. The summed E-state index contributed by atoms with van der Waals surface area (Å²) in [6.45, 7) is 1.79. The number of hydrogen-bond donors (Lipinski definition) is 2. The topological polar surface area (TPSA) is 40.5 Å². The molecule has 1 atom stereocenters. The van der Waals surface area contributed by atoms with E-state index in [-0.39, 0.29) is 5.75 Å². The second kappa shape index (κ2) is 4.37. The first-order valence-corrected chi connectivity index (χ1v) is 6.95.